The SMILES string of the molecule is CCCCn1cc(C)c(-c2ccc(C)cc2)c1C(=O)N1CCN(CCC(=O)Nc2ccccc2)CC1. The van der Waals surface area contributed by atoms with Crippen LogP contribution in [0.4, 0.5) is 5.69 Å². The molecule has 3 aromatic rings. The van der Waals surface area contributed by atoms with Crippen LogP contribution in [0.1, 0.15) is 47.8 Å². The smallest absolute Gasteiger partial charge is 0.271 e. The maximum absolute atomic E-state index is 13.9. The van der Waals surface area contributed by atoms with Gasteiger partial charge in [-0.2, -0.15) is 0 Å². The van der Waals surface area contributed by atoms with Crippen molar-refractivity contribution in [3.05, 3.63) is 77.6 Å². The molecule has 0 radical (unpaired) electrons. The van der Waals surface area contributed by atoms with Crippen LogP contribution in [-0.4, -0.2) is 58.9 Å². The summed E-state index contributed by atoms with van der Waals surface area (Å²) in [4.78, 5) is 30.4. The summed E-state index contributed by atoms with van der Waals surface area (Å²) in [5, 5.41) is 2.95. The average molecular weight is 487 g/mol. The van der Waals surface area contributed by atoms with Crippen molar-refractivity contribution in [3.8, 4) is 11.1 Å². The van der Waals surface area contributed by atoms with Crippen LogP contribution in [0.2, 0.25) is 0 Å². The predicted molar refractivity (Wildman–Crippen MR) is 146 cm³/mol. The quantitative estimate of drug-likeness (QED) is 0.443. The van der Waals surface area contributed by atoms with E-state index in [4.69, 9.17) is 0 Å². The first-order valence-electron chi connectivity index (χ1n) is 13.1. The zero-order valence-corrected chi connectivity index (χ0v) is 21.8. The van der Waals surface area contributed by atoms with Gasteiger partial charge >= 0.3 is 0 Å². The van der Waals surface area contributed by atoms with E-state index in [1.165, 1.54) is 5.56 Å². The molecule has 1 saturated heterocycles. The second kappa shape index (κ2) is 12.0. The number of benzene rings is 2. The zero-order chi connectivity index (χ0) is 25.5. The van der Waals surface area contributed by atoms with Crippen molar-refractivity contribution in [1.82, 2.24) is 14.4 Å². The van der Waals surface area contributed by atoms with Crippen LogP contribution in [0, 0.1) is 13.8 Å². The highest BCUT2D eigenvalue weighted by Crippen LogP contribution is 2.31. The number of piperazine rings is 1. The number of para-hydroxylation sites is 1. The lowest BCUT2D eigenvalue weighted by Crippen LogP contribution is -2.49. The number of carbonyl (C=O) groups excluding carboxylic acids is 2. The summed E-state index contributed by atoms with van der Waals surface area (Å²) in [6.07, 6.45) is 4.71. The number of unbranched alkanes of at least 4 members (excludes halogenated alkanes) is 1. The summed E-state index contributed by atoms with van der Waals surface area (Å²) in [6, 6.07) is 18.0. The van der Waals surface area contributed by atoms with Crippen LogP contribution in [0.5, 0.6) is 0 Å². The van der Waals surface area contributed by atoms with Crippen molar-refractivity contribution in [2.75, 3.05) is 38.0 Å². The van der Waals surface area contributed by atoms with Crippen LogP contribution < -0.4 is 5.32 Å². The van der Waals surface area contributed by atoms with Gasteiger partial charge in [-0.25, -0.2) is 0 Å². The van der Waals surface area contributed by atoms with E-state index >= 15 is 0 Å². The summed E-state index contributed by atoms with van der Waals surface area (Å²) in [5.74, 6) is 0.128. The van der Waals surface area contributed by atoms with Gasteiger partial charge in [0.2, 0.25) is 5.91 Å². The Morgan fingerprint density at radius 1 is 0.889 bits per heavy atom. The van der Waals surface area contributed by atoms with E-state index in [1.54, 1.807) is 0 Å². The molecule has 1 aromatic heterocycles. The lowest BCUT2D eigenvalue weighted by molar-refractivity contribution is -0.116. The Kier molecular flexibility index (Phi) is 8.60. The van der Waals surface area contributed by atoms with Gasteiger partial charge in [-0.05, 0) is 43.5 Å². The van der Waals surface area contributed by atoms with Crippen LogP contribution in [-0.2, 0) is 11.3 Å². The third kappa shape index (κ3) is 6.24. The maximum atomic E-state index is 13.9. The minimum absolute atomic E-state index is 0.0201. The number of aromatic nitrogens is 1. The molecule has 2 heterocycles. The summed E-state index contributed by atoms with van der Waals surface area (Å²) >= 11 is 0. The molecule has 190 valence electrons. The van der Waals surface area contributed by atoms with Crippen LogP contribution >= 0.6 is 0 Å². The summed E-state index contributed by atoms with van der Waals surface area (Å²) in [7, 11) is 0. The van der Waals surface area contributed by atoms with Crippen LogP contribution in [0.25, 0.3) is 11.1 Å². The Balaban J connectivity index is 1.41. The second-order valence-corrected chi connectivity index (χ2v) is 9.75. The molecule has 0 unspecified atom stereocenters. The predicted octanol–water partition coefficient (Wildman–Crippen LogP) is 5.36. The highest BCUT2D eigenvalue weighted by molar-refractivity contribution is 6.00. The first-order chi connectivity index (χ1) is 17.5. The van der Waals surface area contributed by atoms with E-state index in [0.29, 0.717) is 26.1 Å². The zero-order valence-electron chi connectivity index (χ0n) is 21.8. The van der Waals surface area contributed by atoms with E-state index in [1.807, 2.05) is 35.2 Å². The van der Waals surface area contributed by atoms with E-state index in [-0.39, 0.29) is 11.8 Å². The molecular weight excluding hydrogens is 448 g/mol. The van der Waals surface area contributed by atoms with Crippen molar-refractivity contribution in [1.29, 1.82) is 0 Å². The number of carbonyl (C=O) groups is 2. The molecule has 6 heteroatoms. The third-order valence-electron chi connectivity index (χ3n) is 6.94. The van der Waals surface area contributed by atoms with Gasteiger partial charge in [-0.1, -0.05) is 61.4 Å². The van der Waals surface area contributed by atoms with Crippen LogP contribution in [0.15, 0.2) is 60.8 Å². The summed E-state index contributed by atoms with van der Waals surface area (Å²) in [5.41, 5.74) is 6.13. The van der Waals surface area contributed by atoms with E-state index in [2.05, 4.69) is 66.0 Å². The molecule has 1 aliphatic rings. The van der Waals surface area contributed by atoms with Gasteiger partial charge in [0.15, 0.2) is 0 Å². The largest absolute Gasteiger partial charge is 0.343 e. The molecule has 0 bridgehead atoms. The average Bonchev–Trinajstić information content (AvgIpc) is 3.23. The number of amides is 2. The highest BCUT2D eigenvalue weighted by Gasteiger charge is 2.28. The number of hydrogen-bond acceptors (Lipinski definition) is 3. The van der Waals surface area contributed by atoms with Gasteiger partial charge in [-0.3, -0.25) is 14.5 Å². The minimum atomic E-state index is 0.0201. The molecule has 0 spiro atoms. The normalized spacial score (nSPS) is 14.1. The van der Waals surface area contributed by atoms with Gasteiger partial charge in [0.05, 0.1) is 0 Å². The summed E-state index contributed by atoms with van der Waals surface area (Å²) in [6.45, 7) is 10.8. The Bertz CT molecular complexity index is 1160. The number of anilines is 1. The molecule has 2 aromatic carbocycles. The maximum Gasteiger partial charge on any atom is 0.271 e. The topological polar surface area (TPSA) is 57.6 Å². The summed E-state index contributed by atoms with van der Waals surface area (Å²) < 4.78 is 2.16. The van der Waals surface area contributed by atoms with Gasteiger partial charge in [0, 0.05) is 63.1 Å². The molecule has 0 saturated carbocycles. The first kappa shape index (κ1) is 25.7. The van der Waals surface area contributed by atoms with E-state index in [9.17, 15) is 9.59 Å². The Hall–Kier alpha value is -3.38. The monoisotopic (exact) mass is 486 g/mol. The number of aryl methyl sites for hydroxylation is 3. The van der Waals surface area contributed by atoms with Crippen molar-refractivity contribution in [2.24, 2.45) is 0 Å². The third-order valence-corrected chi connectivity index (χ3v) is 6.94. The van der Waals surface area contributed by atoms with Gasteiger partial charge < -0.3 is 14.8 Å². The molecule has 0 aliphatic carbocycles. The lowest BCUT2D eigenvalue weighted by atomic mass is 10.00. The van der Waals surface area contributed by atoms with Gasteiger partial charge in [-0.15, -0.1) is 0 Å². The van der Waals surface area contributed by atoms with Crippen molar-refractivity contribution >= 4 is 17.5 Å². The van der Waals surface area contributed by atoms with Crippen molar-refractivity contribution < 1.29 is 9.59 Å². The van der Waals surface area contributed by atoms with Crippen molar-refractivity contribution in [2.45, 2.75) is 46.6 Å². The fraction of sp³-hybridized carbons (Fsp3) is 0.400. The fourth-order valence-electron chi connectivity index (χ4n) is 4.84. The molecular formula is C30H38N4O2. The number of nitrogens with zero attached hydrogens (tertiary/aromatic N) is 3. The van der Waals surface area contributed by atoms with E-state index < -0.39 is 0 Å². The first-order valence-corrected chi connectivity index (χ1v) is 13.1. The fourth-order valence-corrected chi connectivity index (χ4v) is 4.84. The number of rotatable bonds is 9. The highest BCUT2D eigenvalue weighted by atomic mass is 16.2. The number of nitrogens with one attached hydrogen (secondary N) is 1. The molecule has 4 rings (SSSR count). The molecule has 1 N–H and O–H groups in total. The molecule has 1 aliphatic heterocycles. The van der Waals surface area contributed by atoms with Crippen LogP contribution in [0.3, 0.4) is 0 Å². The van der Waals surface area contributed by atoms with Gasteiger partial charge in [0.1, 0.15) is 5.69 Å². The Labute approximate surface area is 214 Å². The standard InChI is InChI=1S/C30H38N4O2/c1-4-5-16-34-22-24(3)28(25-13-11-23(2)12-14-25)29(34)30(36)33-20-18-32(19-21-33)17-15-27(35)31-26-9-7-6-8-10-26/h6-14,22H,4-5,15-21H2,1-3H3,(H,31,35). The van der Waals surface area contributed by atoms with E-state index in [0.717, 1.165) is 60.5 Å². The molecule has 0 atom stereocenters. The molecule has 36 heavy (non-hydrogen) atoms. The number of hydrogen-bond donors (Lipinski definition) is 1. The lowest BCUT2D eigenvalue weighted by Gasteiger charge is -2.35. The molecule has 6 nitrogen and oxygen atoms in total. The van der Waals surface area contributed by atoms with Crippen molar-refractivity contribution in [3.63, 3.8) is 0 Å². The molecule has 1 fully saturated rings. The second-order valence-electron chi connectivity index (χ2n) is 9.75. The Morgan fingerprint density at radius 3 is 2.25 bits per heavy atom. The molecule has 2 amide bonds. The Morgan fingerprint density at radius 2 is 1.58 bits per heavy atom. The van der Waals surface area contributed by atoms with Gasteiger partial charge in [0.25, 0.3) is 5.91 Å². The minimum Gasteiger partial charge on any atom is -0.343 e.